The Balaban J connectivity index is 1.33. The highest BCUT2D eigenvalue weighted by Gasteiger charge is 2.03. The van der Waals surface area contributed by atoms with Crippen LogP contribution in [0.1, 0.15) is 51.4 Å². The number of nitrogens with one attached hydrogen (secondary N) is 2. The van der Waals surface area contributed by atoms with Crippen molar-refractivity contribution in [2.24, 2.45) is 0 Å². The second kappa shape index (κ2) is 14.9. The van der Waals surface area contributed by atoms with Crippen LogP contribution >= 0.6 is 0 Å². The number of carbonyl (C=O) groups excluding carboxylic acids is 2. The first-order chi connectivity index (χ1) is 14.7. The van der Waals surface area contributed by atoms with Crippen molar-refractivity contribution in [3.05, 3.63) is 60.7 Å². The van der Waals surface area contributed by atoms with Gasteiger partial charge in [-0.25, -0.2) is 9.59 Å². The van der Waals surface area contributed by atoms with Crippen molar-refractivity contribution in [1.82, 2.24) is 0 Å². The van der Waals surface area contributed by atoms with E-state index in [1.165, 1.54) is 12.8 Å². The summed E-state index contributed by atoms with van der Waals surface area (Å²) in [6.07, 6.45) is 7.69. The zero-order valence-electron chi connectivity index (χ0n) is 17.5. The number of hydrogen-bond acceptors (Lipinski definition) is 4. The Kier molecular flexibility index (Phi) is 11.6. The molecule has 2 rings (SSSR count). The Hall–Kier alpha value is -3.02. The minimum absolute atomic E-state index is 0.402. The average Bonchev–Trinajstić information content (AvgIpc) is 2.76. The van der Waals surface area contributed by atoms with E-state index < -0.39 is 12.2 Å². The molecule has 0 unspecified atom stereocenters. The summed E-state index contributed by atoms with van der Waals surface area (Å²) in [6, 6.07) is 18.6. The summed E-state index contributed by atoms with van der Waals surface area (Å²) in [7, 11) is 0. The number of anilines is 2. The summed E-state index contributed by atoms with van der Waals surface area (Å²) in [5.74, 6) is 0. The lowest BCUT2D eigenvalue weighted by Crippen LogP contribution is -2.14. The van der Waals surface area contributed by atoms with Crippen LogP contribution in [0.5, 0.6) is 0 Å². The number of carbonyl (C=O) groups is 2. The maximum absolute atomic E-state index is 11.6. The minimum Gasteiger partial charge on any atom is -0.449 e. The van der Waals surface area contributed by atoms with Crippen LogP contribution in [0.15, 0.2) is 60.7 Å². The van der Waals surface area contributed by atoms with Gasteiger partial charge in [-0.05, 0) is 37.1 Å². The van der Waals surface area contributed by atoms with E-state index in [1.807, 2.05) is 60.7 Å². The summed E-state index contributed by atoms with van der Waals surface area (Å²) in [5, 5.41) is 5.40. The van der Waals surface area contributed by atoms with E-state index in [4.69, 9.17) is 9.47 Å². The highest BCUT2D eigenvalue weighted by atomic mass is 16.6. The number of amides is 2. The van der Waals surface area contributed by atoms with E-state index >= 15 is 0 Å². The first kappa shape index (κ1) is 23.3. The van der Waals surface area contributed by atoms with Crippen molar-refractivity contribution in [3.8, 4) is 0 Å². The SMILES string of the molecule is O=C(Nc1ccccc1)OCCCCCCCCCCOC(=O)Nc1ccccc1. The third-order valence-corrected chi connectivity index (χ3v) is 4.55. The smallest absolute Gasteiger partial charge is 0.411 e. The predicted octanol–water partition coefficient (Wildman–Crippen LogP) is 6.60. The van der Waals surface area contributed by atoms with Gasteiger partial charge in [0.05, 0.1) is 13.2 Å². The second-order valence-electron chi connectivity index (χ2n) is 7.08. The zero-order valence-corrected chi connectivity index (χ0v) is 17.5. The zero-order chi connectivity index (χ0) is 21.3. The summed E-state index contributed by atoms with van der Waals surface area (Å²) in [6.45, 7) is 0.891. The van der Waals surface area contributed by atoms with Gasteiger partial charge in [0.25, 0.3) is 0 Å². The van der Waals surface area contributed by atoms with Crippen LogP contribution in [-0.2, 0) is 9.47 Å². The second-order valence-corrected chi connectivity index (χ2v) is 7.08. The van der Waals surface area contributed by atoms with Gasteiger partial charge in [0.15, 0.2) is 0 Å². The monoisotopic (exact) mass is 412 g/mol. The van der Waals surface area contributed by atoms with Gasteiger partial charge in [-0.2, -0.15) is 0 Å². The van der Waals surface area contributed by atoms with Crippen LogP contribution in [0.2, 0.25) is 0 Å². The standard InChI is InChI=1S/C24H32N2O4/c27-23(25-21-15-9-7-10-16-21)29-19-13-5-3-1-2-4-6-14-20-30-24(28)26-22-17-11-8-12-18-22/h7-12,15-18H,1-6,13-14,19-20H2,(H,25,27)(H,26,28). The summed E-state index contributed by atoms with van der Waals surface area (Å²) in [5.41, 5.74) is 1.48. The van der Waals surface area contributed by atoms with Crippen molar-refractivity contribution in [2.45, 2.75) is 51.4 Å². The Morgan fingerprint density at radius 3 is 1.23 bits per heavy atom. The normalized spacial score (nSPS) is 10.3. The van der Waals surface area contributed by atoms with Gasteiger partial charge in [-0.15, -0.1) is 0 Å². The Bertz CT molecular complexity index is 659. The van der Waals surface area contributed by atoms with Crippen LogP contribution < -0.4 is 10.6 Å². The molecule has 0 aliphatic heterocycles. The Morgan fingerprint density at radius 1 is 0.533 bits per heavy atom. The van der Waals surface area contributed by atoms with Crippen LogP contribution in [0.3, 0.4) is 0 Å². The third kappa shape index (κ3) is 11.1. The molecule has 0 aliphatic carbocycles. The molecule has 0 aromatic heterocycles. The van der Waals surface area contributed by atoms with Crippen molar-refractivity contribution in [1.29, 1.82) is 0 Å². The van der Waals surface area contributed by atoms with E-state index in [0.717, 1.165) is 49.9 Å². The molecule has 0 spiro atoms. The molecule has 0 saturated heterocycles. The largest absolute Gasteiger partial charge is 0.449 e. The minimum atomic E-state index is -0.402. The van der Waals surface area contributed by atoms with E-state index in [1.54, 1.807) is 0 Å². The van der Waals surface area contributed by atoms with Crippen molar-refractivity contribution < 1.29 is 19.1 Å². The third-order valence-electron chi connectivity index (χ3n) is 4.55. The van der Waals surface area contributed by atoms with Gasteiger partial charge in [0, 0.05) is 11.4 Å². The first-order valence-electron chi connectivity index (χ1n) is 10.7. The number of rotatable bonds is 13. The van der Waals surface area contributed by atoms with Crippen LogP contribution in [0, 0.1) is 0 Å². The van der Waals surface area contributed by atoms with Crippen molar-refractivity contribution >= 4 is 23.6 Å². The quantitative estimate of drug-likeness (QED) is 0.363. The molecule has 0 bridgehead atoms. The van der Waals surface area contributed by atoms with Crippen LogP contribution in [0.4, 0.5) is 21.0 Å². The van der Waals surface area contributed by atoms with Gasteiger partial charge in [0.1, 0.15) is 0 Å². The molecule has 0 fully saturated rings. The summed E-state index contributed by atoms with van der Waals surface area (Å²) in [4.78, 5) is 23.3. The van der Waals surface area contributed by atoms with Crippen molar-refractivity contribution in [3.63, 3.8) is 0 Å². The fourth-order valence-electron chi connectivity index (χ4n) is 2.95. The van der Waals surface area contributed by atoms with Crippen LogP contribution in [0.25, 0.3) is 0 Å². The number of hydrogen-bond donors (Lipinski definition) is 2. The highest BCUT2D eigenvalue weighted by molar-refractivity contribution is 5.84. The lowest BCUT2D eigenvalue weighted by molar-refractivity contribution is 0.157. The van der Waals surface area contributed by atoms with Gasteiger partial charge < -0.3 is 9.47 Å². The van der Waals surface area contributed by atoms with Gasteiger partial charge in [0.2, 0.25) is 0 Å². The fourth-order valence-corrected chi connectivity index (χ4v) is 2.95. The van der Waals surface area contributed by atoms with E-state index in [9.17, 15) is 9.59 Å². The van der Waals surface area contributed by atoms with E-state index in [-0.39, 0.29) is 0 Å². The van der Waals surface area contributed by atoms with Crippen LogP contribution in [-0.4, -0.2) is 25.4 Å². The molecule has 2 N–H and O–H groups in total. The molecule has 2 aromatic rings. The molecule has 162 valence electrons. The lowest BCUT2D eigenvalue weighted by Gasteiger charge is -2.07. The first-order valence-corrected chi connectivity index (χ1v) is 10.7. The Labute approximate surface area is 179 Å². The predicted molar refractivity (Wildman–Crippen MR) is 120 cm³/mol. The summed E-state index contributed by atoms with van der Waals surface area (Å²) >= 11 is 0. The molecule has 6 nitrogen and oxygen atoms in total. The molecule has 6 heteroatoms. The number of benzene rings is 2. The number of unbranched alkanes of at least 4 members (excludes halogenated alkanes) is 7. The van der Waals surface area contributed by atoms with Gasteiger partial charge >= 0.3 is 12.2 Å². The van der Waals surface area contributed by atoms with Crippen molar-refractivity contribution in [2.75, 3.05) is 23.8 Å². The molecule has 30 heavy (non-hydrogen) atoms. The molecular weight excluding hydrogens is 380 g/mol. The summed E-state index contributed by atoms with van der Waals surface area (Å²) < 4.78 is 10.4. The molecule has 0 saturated carbocycles. The number of para-hydroxylation sites is 2. The number of ether oxygens (including phenoxy) is 2. The van der Waals surface area contributed by atoms with Gasteiger partial charge in [-0.3, -0.25) is 10.6 Å². The molecule has 0 radical (unpaired) electrons. The Morgan fingerprint density at radius 2 is 0.867 bits per heavy atom. The maximum Gasteiger partial charge on any atom is 0.411 e. The molecule has 2 aromatic carbocycles. The molecule has 2 amide bonds. The van der Waals surface area contributed by atoms with E-state index in [0.29, 0.717) is 13.2 Å². The highest BCUT2D eigenvalue weighted by Crippen LogP contribution is 2.10. The fraction of sp³-hybridized carbons (Fsp3) is 0.417. The average molecular weight is 413 g/mol. The van der Waals surface area contributed by atoms with Gasteiger partial charge in [-0.1, -0.05) is 74.9 Å². The topological polar surface area (TPSA) is 76.7 Å². The van der Waals surface area contributed by atoms with E-state index in [2.05, 4.69) is 10.6 Å². The molecular formula is C24H32N2O4. The maximum atomic E-state index is 11.6. The molecule has 0 aliphatic rings. The lowest BCUT2D eigenvalue weighted by atomic mass is 10.1. The molecule has 0 heterocycles. The molecule has 0 atom stereocenters.